The van der Waals surface area contributed by atoms with Gasteiger partial charge in [0.25, 0.3) is 0 Å². The van der Waals surface area contributed by atoms with Gasteiger partial charge in [-0.2, -0.15) is 0 Å². The number of aliphatic hydroxyl groups is 1. The first-order valence-electron chi connectivity index (χ1n) is 8.59. The molecule has 3 aromatic rings. The lowest BCUT2D eigenvalue weighted by atomic mass is 10.0. The molecule has 1 heterocycles. The maximum absolute atomic E-state index is 9.26. The van der Waals surface area contributed by atoms with Crippen molar-refractivity contribution in [2.75, 3.05) is 19.0 Å². The topological polar surface area (TPSA) is 54.4 Å². The zero-order valence-corrected chi connectivity index (χ0v) is 14.7. The first-order valence-corrected chi connectivity index (χ1v) is 8.59. The second-order valence-electron chi connectivity index (χ2n) is 6.14. The Balaban J connectivity index is 2.02. The van der Waals surface area contributed by atoms with E-state index in [0.29, 0.717) is 0 Å². The highest BCUT2D eigenvalue weighted by molar-refractivity contribution is 5.95. The van der Waals surface area contributed by atoms with Crippen LogP contribution in [-0.2, 0) is 0 Å². The van der Waals surface area contributed by atoms with Gasteiger partial charge in [0.05, 0.1) is 13.2 Å². The van der Waals surface area contributed by atoms with E-state index in [1.807, 2.05) is 37.3 Å². The van der Waals surface area contributed by atoms with Crippen LogP contribution in [0.15, 0.2) is 54.6 Å². The lowest BCUT2D eigenvalue weighted by Gasteiger charge is -2.22. The van der Waals surface area contributed by atoms with Crippen molar-refractivity contribution in [1.82, 2.24) is 4.98 Å². The molecular formula is C21H24N2O2. The molecule has 0 spiro atoms. The van der Waals surface area contributed by atoms with Crippen molar-refractivity contribution in [3.8, 4) is 5.75 Å². The predicted octanol–water partition coefficient (Wildman–Crippen LogP) is 4.48. The number of hydrogen-bond donors (Lipinski definition) is 2. The summed E-state index contributed by atoms with van der Waals surface area (Å²) in [7, 11) is 1.67. The monoisotopic (exact) mass is 336 g/mol. The van der Waals surface area contributed by atoms with E-state index in [0.717, 1.165) is 40.9 Å². The van der Waals surface area contributed by atoms with Crippen LogP contribution in [0.4, 0.5) is 5.69 Å². The Kier molecular flexibility index (Phi) is 5.51. The largest absolute Gasteiger partial charge is 0.494 e. The number of para-hydroxylation sites is 1. The van der Waals surface area contributed by atoms with Crippen molar-refractivity contribution in [3.63, 3.8) is 0 Å². The normalized spacial score (nSPS) is 12.1. The van der Waals surface area contributed by atoms with E-state index in [1.165, 1.54) is 5.56 Å². The smallest absolute Gasteiger partial charge is 0.145 e. The minimum atomic E-state index is 0.129. The molecule has 0 saturated heterocycles. The van der Waals surface area contributed by atoms with Crippen LogP contribution >= 0.6 is 0 Å². The van der Waals surface area contributed by atoms with E-state index >= 15 is 0 Å². The second-order valence-corrected chi connectivity index (χ2v) is 6.14. The number of ether oxygens (including phenoxy) is 1. The minimum Gasteiger partial charge on any atom is -0.494 e. The number of aromatic nitrogens is 1. The van der Waals surface area contributed by atoms with E-state index in [4.69, 9.17) is 4.74 Å². The number of aliphatic hydroxyl groups excluding tert-OH is 1. The lowest BCUT2D eigenvalue weighted by Crippen LogP contribution is -2.12. The first-order chi connectivity index (χ1) is 12.2. The van der Waals surface area contributed by atoms with Crippen molar-refractivity contribution in [3.05, 3.63) is 65.9 Å². The summed E-state index contributed by atoms with van der Waals surface area (Å²) in [5.74, 6) is 0.774. The molecule has 0 aliphatic carbocycles. The standard InChI is InChI=1S/C21H24N2O2/c1-15-14-19(17-10-6-12-20(25-2)21(17)22-15)23-18(11-7-13-24)16-8-4-3-5-9-16/h3-6,8-10,12,14,18,24H,7,11,13H2,1-2H3,(H,22,23). The first kappa shape index (κ1) is 17.2. The van der Waals surface area contributed by atoms with Crippen molar-refractivity contribution in [1.29, 1.82) is 0 Å². The fourth-order valence-electron chi connectivity index (χ4n) is 3.13. The Morgan fingerprint density at radius 1 is 1.12 bits per heavy atom. The molecule has 0 aliphatic heterocycles. The number of pyridine rings is 1. The molecular weight excluding hydrogens is 312 g/mol. The van der Waals surface area contributed by atoms with E-state index in [1.54, 1.807) is 7.11 Å². The van der Waals surface area contributed by atoms with Gasteiger partial charge in [0.2, 0.25) is 0 Å². The van der Waals surface area contributed by atoms with Crippen LogP contribution in [0.2, 0.25) is 0 Å². The Bertz CT molecular complexity index is 834. The van der Waals surface area contributed by atoms with Gasteiger partial charge in [-0.1, -0.05) is 42.5 Å². The highest BCUT2D eigenvalue weighted by atomic mass is 16.5. The van der Waals surface area contributed by atoms with Crippen LogP contribution < -0.4 is 10.1 Å². The SMILES string of the molecule is COc1cccc2c(NC(CCCO)c3ccccc3)cc(C)nc12. The summed E-state index contributed by atoms with van der Waals surface area (Å²) in [6, 6.07) is 18.5. The number of hydrogen-bond acceptors (Lipinski definition) is 4. The quantitative estimate of drug-likeness (QED) is 0.668. The number of methoxy groups -OCH3 is 1. The molecule has 0 fully saturated rings. The number of rotatable bonds is 7. The molecule has 0 saturated carbocycles. The van der Waals surface area contributed by atoms with Gasteiger partial charge in [0.15, 0.2) is 0 Å². The van der Waals surface area contributed by atoms with E-state index in [-0.39, 0.29) is 12.6 Å². The summed E-state index contributed by atoms with van der Waals surface area (Å²) in [5, 5.41) is 14.0. The van der Waals surface area contributed by atoms with Crippen molar-refractivity contribution < 1.29 is 9.84 Å². The number of benzene rings is 2. The zero-order chi connectivity index (χ0) is 17.6. The second kappa shape index (κ2) is 7.99. The summed E-state index contributed by atoms with van der Waals surface area (Å²) in [6.07, 6.45) is 1.60. The average Bonchev–Trinajstić information content (AvgIpc) is 2.65. The summed E-state index contributed by atoms with van der Waals surface area (Å²) in [5.41, 5.74) is 4.05. The number of nitrogens with zero attached hydrogens (tertiary/aromatic N) is 1. The lowest BCUT2D eigenvalue weighted by molar-refractivity contribution is 0.281. The van der Waals surface area contributed by atoms with Gasteiger partial charge < -0.3 is 15.2 Å². The molecule has 0 bridgehead atoms. The molecule has 25 heavy (non-hydrogen) atoms. The Labute approximate surface area is 148 Å². The molecule has 1 aromatic heterocycles. The maximum atomic E-state index is 9.26. The number of anilines is 1. The molecule has 4 heteroatoms. The van der Waals surface area contributed by atoms with Crippen molar-refractivity contribution in [2.45, 2.75) is 25.8 Å². The van der Waals surface area contributed by atoms with Crippen LogP contribution in [-0.4, -0.2) is 23.8 Å². The average molecular weight is 336 g/mol. The van der Waals surface area contributed by atoms with Crippen molar-refractivity contribution >= 4 is 16.6 Å². The fraction of sp³-hybridized carbons (Fsp3) is 0.286. The predicted molar refractivity (Wildman–Crippen MR) is 102 cm³/mol. The number of fused-ring (bicyclic) bond motifs is 1. The third-order valence-corrected chi connectivity index (χ3v) is 4.33. The summed E-state index contributed by atoms with van der Waals surface area (Å²) >= 11 is 0. The molecule has 4 nitrogen and oxygen atoms in total. The fourth-order valence-corrected chi connectivity index (χ4v) is 3.13. The van der Waals surface area contributed by atoms with E-state index in [9.17, 15) is 5.11 Å². The molecule has 0 radical (unpaired) electrons. The Morgan fingerprint density at radius 3 is 2.64 bits per heavy atom. The Hall–Kier alpha value is -2.59. The van der Waals surface area contributed by atoms with Crippen LogP contribution in [0.1, 0.15) is 30.1 Å². The van der Waals surface area contributed by atoms with Gasteiger partial charge in [-0.05, 0) is 37.5 Å². The molecule has 0 amide bonds. The van der Waals surface area contributed by atoms with Crippen LogP contribution in [0.3, 0.4) is 0 Å². The molecule has 1 atom stereocenters. The van der Waals surface area contributed by atoms with Crippen LogP contribution in [0.25, 0.3) is 10.9 Å². The molecule has 3 rings (SSSR count). The molecule has 2 aromatic carbocycles. The molecule has 2 N–H and O–H groups in total. The van der Waals surface area contributed by atoms with Gasteiger partial charge in [-0.15, -0.1) is 0 Å². The van der Waals surface area contributed by atoms with Crippen LogP contribution in [0.5, 0.6) is 5.75 Å². The molecule has 1 unspecified atom stereocenters. The third kappa shape index (κ3) is 3.91. The summed E-state index contributed by atoms with van der Waals surface area (Å²) in [4.78, 5) is 4.64. The zero-order valence-electron chi connectivity index (χ0n) is 14.7. The Morgan fingerprint density at radius 2 is 1.92 bits per heavy atom. The number of aryl methyl sites for hydroxylation is 1. The van der Waals surface area contributed by atoms with E-state index in [2.05, 4.69) is 34.6 Å². The van der Waals surface area contributed by atoms with Gasteiger partial charge in [-0.25, -0.2) is 4.98 Å². The van der Waals surface area contributed by atoms with Gasteiger partial charge >= 0.3 is 0 Å². The third-order valence-electron chi connectivity index (χ3n) is 4.33. The summed E-state index contributed by atoms with van der Waals surface area (Å²) < 4.78 is 5.47. The highest BCUT2D eigenvalue weighted by Crippen LogP contribution is 2.33. The van der Waals surface area contributed by atoms with Crippen LogP contribution in [0, 0.1) is 6.92 Å². The number of nitrogens with one attached hydrogen (secondary N) is 1. The highest BCUT2D eigenvalue weighted by Gasteiger charge is 2.14. The van der Waals surface area contributed by atoms with Gasteiger partial charge in [-0.3, -0.25) is 0 Å². The molecule has 0 aliphatic rings. The summed E-state index contributed by atoms with van der Waals surface area (Å²) in [6.45, 7) is 2.18. The van der Waals surface area contributed by atoms with E-state index < -0.39 is 0 Å². The molecule has 130 valence electrons. The minimum absolute atomic E-state index is 0.129. The van der Waals surface area contributed by atoms with Gasteiger partial charge in [0, 0.05) is 23.4 Å². The van der Waals surface area contributed by atoms with Gasteiger partial charge in [0.1, 0.15) is 11.3 Å². The van der Waals surface area contributed by atoms with Crippen molar-refractivity contribution in [2.24, 2.45) is 0 Å². The maximum Gasteiger partial charge on any atom is 0.145 e.